The van der Waals surface area contributed by atoms with Crippen molar-refractivity contribution in [2.75, 3.05) is 5.73 Å². The molecule has 0 fully saturated rings. The van der Waals surface area contributed by atoms with E-state index in [1.807, 2.05) is 38.1 Å². The summed E-state index contributed by atoms with van der Waals surface area (Å²) in [6, 6.07) is 7.45. The summed E-state index contributed by atoms with van der Waals surface area (Å²) in [4.78, 5) is 0. The number of rotatable bonds is 3. The Bertz CT molecular complexity index is 491. The zero-order valence-electron chi connectivity index (χ0n) is 9.45. The van der Waals surface area contributed by atoms with E-state index >= 15 is 0 Å². The second-order valence-electron chi connectivity index (χ2n) is 3.75. The lowest BCUT2D eigenvalue weighted by atomic mass is 10.2. The summed E-state index contributed by atoms with van der Waals surface area (Å²) >= 11 is 0. The van der Waals surface area contributed by atoms with Crippen molar-refractivity contribution in [3.63, 3.8) is 0 Å². The second-order valence-corrected chi connectivity index (χ2v) is 3.75. The van der Waals surface area contributed by atoms with Crippen molar-refractivity contribution in [2.24, 2.45) is 0 Å². The van der Waals surface area contributed by atoms with Crippen molar-refractivity contribution in [3.05, 3.63) is 41.2 Å². The average Bonchev–Trinajstić information content (AvgIpc) is 2.59. The van der Waals surface area contributed by atoms with Gasteiger partial charge in [-0.3, -0.25) is 5.10 Å². The van der Waals surface area contributed by atoms with Crippen molar-refractivity contribution in [2.45, 2.75) is 20.5 Å². The number of benzene rings is 1. The molecule has 0 saturated carbocycles. The Morgan fingerprint density at radius 1 is 1.31 bits per heavy atom. The minimum Gasteiger partial charge on any atom is -0.485 e. The third kappa shape index (κ3) is 2.00. The normalized spacial score (nSPS) is 10.4. The predicted octanol–water partition coefficient (Wildman–Crippen LogP) is 2.19. The Kier molecular flexibility index (Phi) is 2.81. The number of nitrogen functional groups attached to an aromatic ring is 1. The van der Waals surface area contributed by atoms with Gasteiger partial charge in [0.1, 0.15) is 18.1 Å². The van der Waals surface area contributed by atoms with Gasteiger partial charge in [0.15, 0.2) is 0 Å². The number of aromatic amines is 1. The number of nitrogens with one attached hydrogen (secondary N) is 1. The molecule has 2 aromatic rings. The van der Waals surface area contributed by atoms with Crippen molar-refractivity contribution >= 4 is 5.69 Å². The van der Waals surface area contributed by atoms with Gasteiger partial charge >= 0.3 is 0 Å². The molecule has 3 N–H and O–H groups in total. The third-order valence-corrected chi connectivity index (χ3v) is 2.64. The van der Waals surface area contributed by atoms with Crippen LogP contribution in [0.15, 0.2) is 24.3 Å². The number of hydrogen-bond acceptors (Lipinski definition) is 3. The number of nitrogens with zero attached hydrogens (tertiary/aromatic N) is 1. The maximum atomic E-state index is 5.77. The molecule has 0 saturated heterocycles. The highest BCUT2D eigenvalue weighted by Gasteiger charge is 2.06. The molecule has 0 aliphatic rings. The number of ether oxygens (including phenoxy) is 1. The molecule has 0 bridgehead atoms. The van der Waals surface area contributed by atoms with Gasteiger partial charge in [-0.25, -0.2) is 0 Å². The van der Waals surface area contributed by atoms with E-state index < -0.39 is 0 Å². The molecular formula is C12H15N3O. The van der Waals surface area contributed by atoms with Gasteiger partial charge in [-0.1, -0.05) is 12.1 Å². The molecule has 0 atom stereocenters. The first-order chi connectivity index (χ1) is 7.68. The van der Waals surface area contributed by atoms with Crippen LogP contribution < -0.4 is 10.5 Å². The lowest BCUT2D eigenvalue weighted by Gasteiger charge is -2.07. The Morgan fingerprint density at radius 3 is 2.69 bits per heavy atom. The summed E-state index contributed by atoms with van der Waals surface area (Å²) in [5, 5.41) is 7.10. The van der Waals surface area contributed by atoms with E-state index in [1.54, 1.807) is 0 Å². The predicted molar refractivity (Wildman–Crippen MR) is 63.2 cm³/mol. The summed E-state index contributed by atoms with van der Waals surface area (Å²) in [7, 11) is 0. The number of anilines is 1. The first-order valence-electron chi connectivity index (χ1n) is 5.16. The summed E-state index contributed by atoms with van der Waals surface area (Å²) in [5.41, 5.74) is 9.54. The van der Waals surface area contributed by atoms with Crippen LogP contribution >= 0.6 is 0 Å². The monoisotopic (exact) mass is 217 g/mol. The lowest BCUT2D eigenvalue weighted by molar-refractivity contribution is 0.302. The average molecular weight is 217 g/mol. The van der Waals surface area contributed by atoms with Crippen LogP contribution in [0, 0.1) is 13.8 Å². The zero-order chi connectivity index (χ0) is 11.5. The van der Waals surface area contributed by atoms with E-state index in [-0.39, 0.29) is 0 Å². The van der Waals surface area contributed by atoms with E-state index in [0.29, 0.717) is 18.0 Å². The smallest absolute Gasteiger partial charge is 0.142 e. The van der Waals surface area contributed by atoms with Gasteiger partial charge in [-0.05, 0) is 31.5 Å². The number of nitrogens with two attached hydrogens (primary N) is 1. The highest BCUT2D eigenvalue weighted by molar-refractivity contribution is 5.51. The first kappa shape index (κ1) is 10.5. The summed E-state index contributed by atoms with van der Waals surface area (Å²) in [5.74, 6) is 0.697. The minimum absolute atomic E-state index is 0.435. The van der Waals surface area contributed by atoms with Crippen molar-refractivity contribution in [3.8, 4) is 5.75 Å². The highest BCUT2D eigenvalue weighted by Crippen LogP contribution is 2.21. The molecule has 1 aromatic carbocycles. The van der Waals surface area contributed by atoms with Crippen LogP contribution in [0.2, 0.25) is 0 Å². The molecule has 0 spiro atoms. The minimum atomic E-state index is 0.435. The van der Waals surface area contributed by atoms with E-state index in [0.717, 1.165) is 17.0 Å². The molecule has 1 aromatic heterocycles. The second kappa shape index (κ2) is 4.26. The number of hydrogen-bond donors (Lipinski definition) is 2. The van der Waals surface area contributed by atoms with Crippen LogP contribution in [0.1, 0.15) is 17.0 Å². The van der Waals surface area contributed by atoms with Crippen LogP contribution in [-0.4, -0.2) is 10.2 Å². The fourth-order valence-electron chi connectivity index (χ4n) is 1.43. The molecular weight excluding hydrogens is 202 g/mol. The molecule has 0 amide bonds. The number of H-pyrrole nitrogens is 1. The quantitative estimate of drug-likeness (QED) is 0.774. The van der Waals surface area contributed by atoms with Gasteiger partial charge in [0, 0.05) is 5.69 Å². The van der Waals surface area contributed by atoms with Gasteiger partial charge in [0.2, 0.25) is 0 Å². The molecule has 4 heteroatoms. The Hall–Kier alpha value is -1.97. The van der Waals surface area contributed by atoms with Gasteiger partial charge < -0.3 is 10.5 Å². The number of aryl methyl sites for hydroxylation is 1. The molecule has 0 unspecified atom stereocenters. The molecule has 4 nitrogen and oxygen atoms in total. The Labute approximate surface area is 94.4 Å². The highest BCUT2D eigenvalue weighted by atomic mass is 16.5. The van der Waals surface area contributed by atoms with E-state index in [2.05, 4.69) is 10.2 Å². The third-order valence-electron chi connectivity index (χ3n) is 2.64. The van der Waals surface area contributed by atoms with Crippen LogP contribution in [0.25, 0.3) is 0 Å². The van der Waals surface area contributed by atoms with Gasteiger partial charge in [-0.15, -0.1) is 0 Å². The van der Waals surface area contributed by atoms with Crippen LogP contribution in [0.3, 0.4) is 0 Å². The van der Waals surface area contributed by atoms with Crippen LogP contribution in [-0.2, 0) is 6.61 Å². The standard InChI is InChI=1S/C12H15N3O/c1-8-9(2)14-15-11(8)7-16-12-6-4-3-5-10(12)13/h3-6H,7,13H2,1-2H3,(H,14,15). The molecule has 0 aliphatic carbocycles. The summed E-state index contributed by atoms with van der Waals surface area (Å²) in [6.07, 6.45) is 0. The fourth-order valence-corrected chi connectivity index (χ4v) is 1.43. The molecule has 16 heavy (non-hydrogen) atoms. The molecule has 2 rings (SSSR count). The fraction of sp³-hybridized carbons (Fsp3) is 0.250. The first-order valence-corrected chi connectivity index (χ1v) is 5.16. The topological polar surface area (TPSA) is 63.9 Å². The Morgan fingerprint density at radius 2 is 2.06 bits per heavy atom. The number of para-hydroxylation sites is 2. The van der Waals surface area contributed by atoms with E-state index in [1.165, 1.54) is 0 Å². The molecule has 1 heterocycles. The maximum Gasteiger partial charge on any atom is 0.142 e. The molecule has 84 valence electrons. The SMILES string of the molecule is Cc1[nH]nc(COc2ccccc2N)c1C. The van der Waals surface area contributed by atoms with Crippen molar-refractivity contribution in [1.82, 2.24) is 10.2 Å². The van der Waals surface area contributed by atoms with Gasteiger partial charge in [-0.2, -0.15) is 5.10 Å². The summed E-state index contributed by atoms with van der Waals surface area (Å²) in [6.45, 7) is 4.44. The zero-order valence-corrected chi connectivity index (χ0v) is 9.45. The molecule has 0 radical (unpaired) electrons. The van der Waals surface area contributed by atoms with Crippen molar-refractivity contribution in [1.29, 1.82) is 0 Å². The van der Waals surface area contributed by atoms with Crippen molar-refractivity contribution < 1.29 is 4.74 Å². The largest absolute Gasteiger partial charge is 0.485 e. The van der Waals surface area contributed by atoms with E-state index in [9.17, 15) is 0 Å². The number of aromatic nitrogens is 2. The maximum absolute atomic E-state index is 5.77. The van der Waals surface area contributed by atoms with Crippen LogP contribution in [0.4, 0.5) is 5.69 Å². The van der Waals surface area contributed by atoms with Crippen LogP contribution in [0.5, 0.6) is 5.75 Å². The Balaban J connectivity index is 2.08. The van der Waals surface area contributed by atoms with Gasteiger partial charge in [0.05, 0.1) is 5.69 Å². The summed E-state index contributed by atoms with van der Waals surface area (Å²) < 4.78 is 5.61. The molecule has 0 aliphatic heterocycles. The lowest BCUT2D eigenvalue weighted by Crippen LogP contribution is -2.00. The van der Waals surface area contributed by atoms with E-state index in [4.69, 9.17) is 10.5 Å². The van der Waals surface area contributed by atoms with Gasteiger partial charge in [0.25, 0.3) is 0 Å².